The molecule has 0 aliphatic heterocycles. The topological polar surface area (TPSA) is 60.2 Å². The van der Waals surface area contributed by atoms with Gasteiger partial charge in [-0.1, -0.05) is 56.2 Å². The summed E-state index contributed by atoms with van der Waals surface area (Å²) in [5, 5.41) is 2.23. The molecule has 2 aromatic carbocycles. The molecule has 0 aliphatic rings. The van der Waals surface area contributed by atoms with Gasteiger partial charge in [0.15, 0.2) is 9.84 Å². The lowest BCUT2D eigenvalue weighted by Gasteiger charge is -2.13. The van der Waals surface area contributed by atoms with Gasteiger partial charge in [0.25, 0.3) is 0 Å². The molecule has 0 amide bonds. The van der Waals surface area contributed by atoms with E-state index in [1.54, 1.807) is 0 Å². The third kappa shape index (κ3) is 4.55. The molecule has 2 N–H and O–H groups in total. The Morgan fingerprint density at radius 3 is 2.48 bits per heavy atom. The largest absolute Gasteiger partial charge is 0.323 e. The average Bonchev–Trinajstić information content (AvgIpc) is 2.46. The van der Waals surface area contributed by atoms with Crippen LogP contribution in [0.25, 0.3) is 10.8 Å². The number of sulfone groups is 1. The number of fused-ring (bicyclic) bond motifs is 1. The van der Waals surface area contributed by atoms with E-state index in [2.05, 4.69) is 6.92 Å². The van der Waals surface area contributed by atoms with Gasteiger partial charge in [0.05, 0.1) is 11.5 Å². The molecular formula is C17H23NO2S. The van der Waals surface area contributed by atoms with Crippen LogP contribution in [0, 0.1) is 0 Å². The minimum absolute atomic E-state index is 0.0229. The van der Waals surface area contributed by atoms with E-state index >= 15 is 0 Å². The molecule has 2 aromatic rings. The first-order valence-corrected chi connectivity index (χ1v) is 9.28. The van der Waals surface area contributed by atoms with E-state index in [1.807, 2.05) is 42.5 Å². The van der Waals surface area contributed by atoms with Crippen LogP contribution < -0.4 is 5.73 Å². The lowest BCUT2D eigenvalue weighted by Crippen LogP contribution is -2.23. The number of rotatable bonds is 7. The van der Waals surface area contributed by atoms with Gasteiger partial charge >= 0.3 is 0 Å². The Morgan fingerprint density at radius 1 is 1.05 bits per heavy atom. The summed E-state index contributed by atoms with van der Waals surface area (Å²) in [5.74, 6) is 0.261. The maximum atomic E-state index is 12.1. The van der Waals surface area contributed by atoms with E-state index in [1.165, 1.54) is 0 Å². The van der Waals surface area contributed by atoms with Gasteiger partial charge in [-0.2, -0.15) is 0 Å². The molecule has 4 heteroatoms. The fraction of sp³-hybridized carbons (Fsp3) is 0.412. The minimum Gasteiger partial charge on any atom is -0.323 e. The van der Waals surface area contributed by atoms with Crippen molar-refractivity contribution >= 4 is 20.6 Å². The molecule has 0 saturated heterocycles. The summed E-state index contributed by atoms with van der Waals surface area (Å²) in [4.78, 5) is 0. The molecule has 1 unspecified atom stereocenters. The summed E-state index contributed by atoms with van der Waals surface area (Å²) in [6.07, 6.45) is 2.69. The normalized spacial score (nSPS) is 13.4. The van der Waals surface area contributed by atoms with Gasteiger partial charge in [0.1, 0.15) is 0 Å². The van der Waals surface area contributed by atoms with Crippen LogP contribution in [-0.2, 0) is 9.84 Å². The second-order valence-electron chi connectivity index (χ2n) is 5.53. The number of hydrogen-bond donors (Lipinski definition) is 1. The van der Waals surface area contributed by atoms with Crippen LogP contribution in [0.4, 0.5) is 0 Å². The Hall–Kier alpha value is -1.39. The Balaban J connectivity index is 2.09. The van der Waals surface area contributed by atoms with Gasteiger partial charge < -0.3 is 5.73 Å². The number of nitrogens with two attached hydrogens (primary N) is 1. The smallest absolute Gasteiger partial charge is 0.152 e. The van der Waals surface area contributed by atoms with E-state index in [4.69, 9.17) is 5.73 Å². The highest BCUT2D eigenvalue weighted by atomic mass is 32.2. The van der Waals surface area contributed by atoms with E-state index in [9.17, 15) is 8.42 Å². The maximum Gasteiger partial charge on any atom is 0.152 e. The monoisotopic (exact) mass is 305 g/mol. The van der Waals surface area contributed by atoms with Crippen molar-refractivity contribution in [1.82, 2.24) is 0 Å². The lowest BCUT2D eigenvalue weighted by atomic mass is 10.0. The zero-order valence-electron chi connectivity index (χ0n) is 12.5. The predicted octanol–water partition coefficient (Wildman–Crippen LogP) is 3.44. The molecule has 0 spiro atoms. The van der Waals surface area contributed by atoms with Crippen molar-refractivity contribution in [1.29, 1.82) is 0 Å². The molecule has 0 radical (unpaired) electrons. The average molecular weight is 305 g/mol. The van der Waals surface area contributed by atoms with Crippen LogP contribution in [0.3, 0.4) is 0 Å². The van der Waals surface area contributed by atoms with Gasteiger partial charge in [0.2, 0.25) is 0 Å². The van der Waals surface area contributed by atoms with Crippen LogP contribution in [0.1, 0.15) is 37.8 Å². The molecule has 21 heavy (non-hydrogen) atoms. The van der Waals surface area contributed by atoms with Gasteiger partial charge in [-0.15, -0.1) is 0 Å². The van der Waals surface area contributed by atoms with Crippen LogP contribution in [0.2, 0.25) is 0 Å². The molecule has 114 valence electrons. The summed E-state index contributed by atoms with van der Waals surface area (Å²) in [6.45, 7) is 2.06. The van der Waals surface area contributed by atoms with Crippen LogP contribution in [0.15, 0.2) is 42.5 Å². The molecule has 0 saturated carbocycles. The third-order valence-corrected chi connectivity index (χ3v) is 5.47. The highest BCUT2D eigenvalue weighted by molar-refractivity contribution is 7.91. The van der Waals surface area contributed by atoms with Crippen LogP contribution in [0.5, 0.6) is 0 Å². The van der Waals surface area contributed by atoms with Crippen molar-refractivity contribution in [3.05, 3.63) is 48.0 Å². The Morgan fingerprint density at radius 2 is 1.76 bits per heavy atom. The molecule has 0 bridgehead atoms. The Bertz CT molecular complexity index is 695. The summed E-state index contributed by atoms with van der Waals surface area (Å²) in [5.41, 5.74) is 6.98. The molecular weight excluding hydrogens is 282 g/mol. The summed E-state index contributed by atoms with van der Waals surface area (Å²) < 4.78 is 24.1. The zero-order valence-corrected chi connectivity index (χ0v) is 13.3. The Kier molecular flexibility index (Phi) is 5.37. The maximum absolute atomic E-state index is 12.1. The molecule has 3 nitrogen and oxygen atoms in total. The van der Waals surface area contributed by atoms with Crippen molar-refractivity contribution in [2.24, 2.45) is 5.73 Å². The fourth-order valence-corrected chi connectivity index (χ4v) is 4.01. The molecule has 2 rings (SSSR count). The van der Waals surface area contributed by atoms with E-state index in [0.29, 0.717) is 0 Å². The van der Waals surface area contributed by atoms with Crippen molar-refractivity contribution in [2.75, 3.05) is 11.5 Å². The van der Waals surface area contributed by atoms with E-state index in [0.717, 1.165) is 35.6 Å². The van der Waals surface area contributed by atoms with Crippen LogP contribution >= 0.6 is 0 Å². The lowest BCUT2D eigenvalue weighted by molar-refractivity contribution is 0.584. The van der Waals surface area contributed by atoms with Gasteiger partial charge in [-0.3, -0.25) is 0 Å². The predicted molar refractivity (Wildman–Crippen MR) is 89.1 cm³/mol. The van der Waals surface area contributed by atoms with Gasteiger partial charge in [-0.25, -0.2) is 8.42 Å². The molecule has 0 fully saturated rings. The Labute approximate surface area is 127 Å². The van der Waals surface area contributed by atoms with Crippen LogP contribution in [-0.4, -0.2) is 19.9 Å². The summed E-state index contributed by atoms with van der Waals surface area (Å²) in [6, 6.07) is 13.5. The number of benzene rings is 2. The molecule has 1 atom stereocenters. The highest BCUT2D eigenvalue weighted by Crippen LogP contribution is 2.20. The standard InChI is InChI=1S/C17H23NO2S/c1-2-3-6-11-21(19,20)13-17(18)16-10-9-14-7-4-5-8-15(14)12-16/h4-5,7-10,12,17H,2-3,6,11,13,18H2,1H3. The third-order valence-electron chi connectivity index (χ3n) is 3.69. The van der Waals surface area contributed by atoms with E-state index in [-0.39, 0.29) is 11.5 Å². The molecule has 0 aromatic heterocycles. The van der Waals surface area contributed by atoms with Crippen molar-refractivity contribution in [3.8, 4) is 0 Å². The quantitative estimate of drug-likeness (QED) is 0.797. The first-order valence-electron chi connectivity index (χ1n) is 7.46. The number of unbranched alkanes of at least 4 members (excludes halogenated alkanes) is 2. The second kappa shape index (κ2) is 7.05. The van der Waals surface area contributed by atoms with Crippen molar-refractivity contribution in [2.45, 2.75) is 32.2 Å². The second-order valence-corrected chi connectivity index (χ2v) is 7.76. The van der Waals surface area contributed by atoms with Gasteiger partial charge in [-0.05, 0) is 28.8 Å². The highest BCUT2D eigenvalue weighted by Gasteiger charge is 2.17. The van der Waals surface area contributed by atoms with Crippen molar-refractivity contribution in [3.63, 3.8) is 0 Å². The molecule has 0 heterocycles. The first-order chi connectivity index (χ1) is 10.0. The minimum atomic E-state index is -3.08. The number of hydrogen-bond acceptors (Lipinski definition) is 3. The zero-order chi connectivity index (χ0) is 15.3. The summed E-state index contributed by atoms with van der Waals surface area (Å²) in [7, 11) is -3.08. The first kappa shape index (κ1) is 16.0. The molecule has 0 aliphatic carbocycles. The van der Waals surface area contributed by atoms with Gasteiger partial charge in [0, 0.05) is 6.04 Å². The summed E-state index contributed by atoms with van der Waals surface area (Å²) >= 11 is 0. The van der Waals surface area contributed by atoms with Crippen molar-refractivity contribution < 1.29 is 8.42 Å². The SMILES string of the molecule is CCCCCS(=O)(=O)CC(N)c1ccc2ccccc2c1. The fourth-order valence-electron chi connectivity index (χ4n) is 2.46. The van der Waals surface area contributed by atoms with E-state index < -0.39 is 15.9 Å².